The van der Waals surface area contributed by atoms with Crippen LogP contribution in [-0.2, 0) is 0 Å². The number of halogens is 1. The molecular formula is C10H10FN. The molecule has 0 saturated heterocycles. The molecule has 0 spiro atoms. The third-order valence-electron chi connectivity index (χ3n) is 1.81. The second kappa shape index (κ2) is 3.36. The van der Waals surface area contributed by atoms with Crippen molar-refractivity contribution in [3.63, 3.8) is 0 Å². The molecule has 1 rings (SSSR count). The number of aryl methyl sites for hydroxylation is 1. The number of benzene rings is 1. The minimum absolute atomic E-state index is 0.297. The van der Waals surface area contributed by atoms with E-state index in [1.165, 1.54) is 6.07 Å². The van der Waals surface area contributed by atoms with Gasteiger partial charge in [0.1, 0.15) is 5.82 Å². The molecule has 2 heteroatoms. The van der Waals surface area contributed by atoms with Crippen molar-refractivity contribution in [1.82, 2.24) is 0 Å². The number of rotatable bonds is 1. The van der Waals surface area contributed by atoms with Gasteiger partial charge in [-0.1, -0.05) is 17.7 Å². The first-order valence-corrected chi connectivity index (χ1v) is 3.81. The molecule has 0 aliphatic carbocycles. The summed E-state index contributed by atoms with van der Waals surface area (Å²) in [4.78, 5) is 0. The lowest BCUT2D eigenvalue weighted by molar-refractivity contribution is 0.605. The number of hydrogen-bond donors (Lipinski definition) is 0. The summed E-state index contributed by atoms with van der Waals surface area (Å²) in [6, 6.07) is 6.82. The third kappa shape index (κ3) is 1.62. The average Bonchev–Trinajstić information content (AvgIpc) is 2.08. The Bertz CT molecular complexity index is 325. The molecule has 1 atom stereocenters. The van der Waals surface area contributed by atoms with E-state index in [9.17, 15) is 4.39 Å². The Kier molecular flexibility index (Phi) is 2.44. The van der Waals surface area contributed by atoms with Crippen molar-refractivity contribution in [1.29, 1.82) is 5.26 Å². The summed E-state index contributed by atoms with van der Waals surface area (Å²) in [5, 5.41) is 8.59. The van der Waals surface area contributed by atoms with Crippen LogP contribution in [0.5, 0.6) is 0 Å². The van der Waals surface area contributed by atoms with Crippen LogP contribution in [0.3, 0.4) is 0 Å². The van der Waals surface area contributed by atoms with Gasteiger partial charge in [0.05, 0.1) is 12.0 Å². The zero-order chi connectivity index (χ0) is 9.14. The molecule has 0 bridgehead atoms. The quantitative estimate of drug-likeness (QED) is 0.624. The van der Waals surface area contributed by atoms with Crippen molar-refractivity contribution in [2.24, 2.45) is 0 Å². The SMILES string of the molecule is Cc1ccc(F)c(C(C)C#N)c1. The van der Waals surface area contributed by atoms with Crippen LogP contribution in [0.1, 0.15) is 24.0 Å². The van der Waals surface area contributed by atoms with E-state index in [2.05, 4.69) is 0 Å². The zero-order valence-corrected chi connectivity index (χ0v) is 7.13. The molecule has 0 N–H and O–H groups in total. The molecule has 0 saturated carbocycles. The van der Waals surface area contributed by atoms with Crippen LogP contribution in [0.25, 0.3) is 0 Å². The van der Waals surface area contributed by atoms with Crippen molar-refractivity contribution in [3.05, 3.63) is 35.1 Å². The van der Waals surface area contributed by atoms with Gasteiger partial charge in [-0.3, -0.25) is 0 Å². The van der Waals surface area contributed by atoms with Crippen LogP contribution in [-0.4, -0.2) is 0 Å². The van der Waals surface area contributed by atoms with Gasteiger partial charge >= 0.3 is 0 Å². The van der Waals surface area contributed by atoms with E-state index in [1.54, 1.807) is 19.1 Å². The highest BCUT2D eigenvalue weighted by Crippen LogP contribution is 2.19. The molecule has 1 aromatic rings. The topological polar surface area (TPSA) is 23.8 Å². The van der Waals surface area contributed by atoms with Crippen LogP contribution < -0.4 is 0 Å². The molecule has 0 heterocycles. The van der Waals surface area contributed by atoms with Crippen molar-refractivity contribution in [2.75, 3.05) is 0 Å². The van der Waals surface area contributed by atoms with Gasteiger partial charge in [-0.2, -0.15) is 5.26 Å². The highest BCUT2D eigenvalue weighted by Gasteiger charge is 2.09. The second-order valence-electron chi connectivity index (χ2n) is 2.88. The van der Waals surface area contributed by atoms with Crippen LogP contribution in [0.4, 0.5) is 4.39 Å². The molecule has 0 fully saturated rings. The van der Waals surface area contributed by atoms with Crippen LogP contribution in [0.15, 0.2) is 18.2 Å². The minimum atomic E-state index is -0.370. The second-order valence-corrected chi connectivity index (χ2v) is 2.88. The standard InChI is InChI=1S/C10H10FN/c1-7-3-4-10(11)9(5-7)8(2)6-12/h3-5,8H,1-2H3. The summed E-state index contributed by atoms with van der Waals surface area (Å²) in [5.74, 6) is -0.667. The third-order valence-corrected chi connectivity index (χ3v) is 1.81. The van der Waals surface area contributed by atoms with E-state index < -0.39 is 0 Å². The summed E-state index contributed by atoms with van der Waals surface area (Å²) in [5.41, 5.74) is 1.46. The Hall–Kier alpha value is -1.36. The predicted octanol–water partition coefficient (Wildman–Crippen LogP) is 2.76. The summed E-state index contributed by atoms with van der Waals surface area (Å²) in [6.07, 6.45) is 0. The molecule has 12 heavy (non-hydrogen) atoms. The Morgan fingerprint density at radius 1 is 1.50 bits per heavy atom. The maximum Gasteiger partial charge on any atom is 0.127 e. The highest BCUT2D eigenvalue weighted by atomic mass is 19.1. The van der Waals surface area contributed by atoms with Gasteiger partial charge < -0.3 is 0 Å². The van der Waals surface area contributed by atoms with Gasteiger partial charge in [-0.25, -0.2) is 4.39 Å². The molecule has 0 aliphatic rings. The maximum atomic E-state index is 13.1. The van der Waals surface area contributed by atoms with Crippen LogP contribution in [0, 0.1) is 24.1 Å². The predicted molar refractivity (Wildman–Crippen MR) is 45.2 cm³/mol. The van der Waals surface area contributed by atoms with E-state index >= 15 is 0 Å². The molecule has 1 aromatic carbocycles. The lowest BCUT2D eigenvalue weighted by atomic mass is 10.0. The van der Waals surface area contributed by atoms with Gasteiger partial charge in [-0.15, -0.1) is 0 Å². The zero-order valence-electron chi connectivity index (χ0n) is 7.13. The maximum absolute atomic E-state index is 13.1. The summed E-state index contributed by atoms with van der Waals surface area (Å²) in [6.45, 7) is 3.57. The van der Waals surface area contributed by atoms with Gasteiger partial charge in [0.15, 0.2) is 0 Å². The van der Waals surface area contributed by atoms with Crippen LogP contribution in [0.2, 0.25) is 0 Å². The number of hydrogen-bond acceptors (Lipinski definition) is 1. The van der Waals surface area contributed by atoms with E-state index in [4.69, 9.17) is 5.26 Å². The molecule has 0 aliphatic heterocycles. The minimum Gasteiger partial charge on any atom is -0.207 e. The van der Waals surface area contributed by atoms with E-state index in [-0.39, 0.29) is 11.7 Å². The Morgan fingerprint density at radius 2 is 2.17 bits per heavy atom. The van der Waals surface area contributed by atoms with Crippen molar-refractivity contribution in [3.8, 4) is 6.07 Å². The first-order valence-electron chi connectivity index (χ1n) is 3.81. The van der Waals surface area contributed by atoms with Crippen molar-refractivity contribution < 1.29 is 4.39 Å². The average molecular weight is 163 g/mol. The fraction of sp³-hybridized carbons (Fsp3) is 0.300. The van der Waals surface area contributed by atoms with Crippen molar-refractivity contribution >= 4 is 0 Å². The van der Waals surface area contributed by atoms with E-state index in [0.717, 1.165) is 5.56 Å². The number of nitrogens with zero attached hydrogens (tertiary/aromatic N) is 1. The van der Waals surface area contributed by atoms with E-state index in [0.29, 0.717) is 5.56 Å². The van der Waals surface area contributed by atoms with E-state index in [1.807, 2.05) is 13.0 Å². The molecule has 0 aromatic heterocycles. The lowest BCUT2D eigenvalue weighted by Crippen LogP contribution is -1.94. The molecule has 1 unspecified atom stereocenters. The Balaban J connectivity index is 3.15. The largest absolute Gasteiger partial charge is 0.207 e. The molecule has 0 amide bonds. The van der Waals surface area contributed by atoms with Crippen LogP contribution >= 0.6 is 0 Å². The summed E-state index contributed by atoms with van der Waals surface area (Å²) < 4.78 is 13.1. The molecule has 1 nitrogen and oxygen atoms in total. The fourth-order valence-electron chi connectivity index (χ4n) is 1.06. The highest BCUT2D eigenvalue weighted by molar-refractivity contribution is 5.29. The Labute approximate surface area is 71.4 Å². The number of nitriles is 1. The molecular weight excluding hydrogens is 153 g/mol. The first-order chi connectivity index (χ1) is 5.65. The lowest BCUT2D eigenvalue weighted by Gasteiger charge is -2.04. The Morgan fingerprint density at radius 3 is 2.75 bits per heavy atom. The fourth-order valence-corrected chi connectivity index (χ4v) is 1.06. The normalized spacial score (nSPS) is 12.2. The van der Waals surface area contributed by atoms with Gasteiger partial charge in [-0.05, 0) is 19.9 Å². The smallest absolute Gasteiger partial charge is 0.127 e. The summed E-state index contributed by atoms with van der Waals surface area (Å²) in [7, 11) is 0. The molecule has 0 radical (unpaired) electrons. The van der Waals surface area contributed by atoms with Gasteiger partial charge in [0.25, 0.3) is 0 Å². The molecule has 62 valence electrons. The first kappa shape index (κ1) is 8.73. The summed E-state index contributed by atoms with van der Waals surface area (Å²) >= 11 is 0. The monoisotopic (exact) mass is 163 g/mol. The van der Waals surface area contributed by atoms with Gasteiger partial charge in [0, 0.05) is 5.56 Å². The van der Waals surface area contributed by atoms with Gasteiger partial charge in [0.2, 0.25) is 0 Å². The van der Waals surface area contributed by atoms with Crippen molar-refractivity contribution in [2.45, 2.75) is 19.8 Å².